The van der Waals surface area contributed by atoms with Crippen molar-refractivity contribution < 1.29 is 4.79 Å². The molecule has 0 aromatic carbocycles. The molecule has 1 aliphatic rings. The summed E-state index contributed by atoms with van der Waals surface area (Å²) in [4.78, 5) is 12.3. The topological polar surface area (TPSA) is 60.0 Å². The van der Waals surface area contributed by atoms with Gasteiger partial charge in [0.05, 0.1) is 5.69 Å². The summed E-state index contributed by atoms with van der Waals surface area (Å²) in [6.07, 6.45) is 7.39. The van der Waals surface area contributed by atoms with Gasteiger partial charge in [-0.2, -0.15) is 0 Å². The van der Waals surface area contributed by atoms with Gasteiger partial charge in [-0.05, 0) is 32.3 Å². The third kappa shape index (κ3) is 2.68. The van der Waals surface area contributed by atoms with Crippen LogP contribution in [0.3, 0.4) is 0 Å². The maximum absolute atomic E-state index is 12.3. The quantitative estimate of drug-likeness (QED) is 0.861. The maximum Gasteiger partial charge on any atom is 0.268 e. The molecule has 18 heavy (non-hydrogen) atoms. The van der Waals surface area contributed by atoms with Gasteiger partial charge in [0.2, 0.25) is 0 Å². The fourth-order valence-electron chi connectivity index (χ4n) is 2.77. The van der Waals surface area contributed by atoms with E-state index >= 15 is 0 Å². The van der Waals surface area contributed by atoms with Crippen LogP contribution < -0.4 is 11.1 Å². The molecule has 1 aliphatic carbocycles. The average molecular weight is 249 g/mol. The Labute approximate surface area is 109 Å². The Balaban J connectivity index is 2.12. The number of nitrogens with zero attached hydrogens (tertiary/aromatic N) is 1. The number of carbonyl (C=O) groups is 1. The minimum atomic E-state index is -0.0346. The Morgan fingerprint density at radius 1 is 1.50 bits per heavy atom. The van der Waals surface area contributed by atoms with Crippen molar-refractivity contribution in [1.29, 1.82) is 0 Å². The van der Waals surface area contributed by atoms with Gasteiger partial charge in [0.25, 0.3) is 5.91 Å². The van der Waals surface area contributed by atoms with Crippen LogP contribution in [-0.4, -0.2) is 16.0 Å². The van der Waals surface area contributed by atoms with Gasteiger partial charge < -0.3 is 15.6 Å². The van der Waals surface area contributed by atoms with E-state index in [9.17, 15) is 4.79 Å². The largest absolute Gasteiger partial charge is 0.397 e. The summed E-state index contributed by atoms with van der Waals surface area (Å²) < 4.78 is 1.95. The van der Waals surface area contributed by atoms with Crippen molar-refractivity contribution in [2.45, 2.75) is 58.0 Å². The lowest BCUT2D eigenvalue weighted by Crippen LogP contribution is -2.44. The number of nitrogen functional groups attached to an aromatic ring is 1. The maximum atomic E-state index is 12.3. The summed E-state index contributed by atoms with van der Waals surface area (Å²) in [7, 11) is 0. The van der Waals surface area contributed by atoms with E-state index in [1.807, 2.05) is 10.8 Å². The molecule has 4 heteroatoms. The highest BCUT2D eigenvalue weighted by Gasteiger charge is 2.31. The Morgan fingerprint density at radius 3 is 2.78 bits per heavy atom. The molecule has 0 atom stereocenters. The SMILES string of the molecule is CCCn1cc(N)cc1C(=O)NC1(C)CCCC1. The van der Waals surface area contributed by atoms with E-state index in [0.717, 1.165) is 25.8 Å². The summed E-state index contributed by atoms with van der Waals surface area (Å²) >= 11 is 0. The van der Waals surface area contributed by atoms with Crippen LogP contribution in [0.15, 0.2) is 12.3 Å². The zero-order valence-corrected chi connectivity index (χ0v) is 11.3. The van der Waals surface area contributed by atoms with Crippen molar-refractivity contribution in [2.75, 3.05) is 5.73 Å². The first kappa shape index (κ1) is 13.0. The first-order valence-electron chi connectivity index (χ1n) is 6.82. The first-order valence-corrected chi connectivity index (χ1v) is 6.82. The van der Waals surface area contributed by atoms with E-state index in [2.05, 4.69) is 19.2 Å². The standard InChI is InChI=1S/C14H23N3O/c1-3-8-17-10-11(15)9-12(17)13(18)16-14(2)6-4-5-7-14/h9-10H,3-8,15H2,1-2H3,(H,16,18). The number of rotatable bonds is 4. The summed E-state index contributed by atoms with van der Waals surface area (Å²) in [5.41, 5.74) is 7.09. The van der Waals surface area contributed by atoms with Gasteiger partial charge in [-0.3, -0.25) is 4.79 Å². The molecule has 0 radical (unpaired) electrons. The molecule has 1 fully saturated rings. The van der Waals surface area contributed by atoms with Crippen molar-refractivity contribution in [1.82, 2.24) is 9.88 Å². The van der Waals surface area contributed by atoms with E-state index < -0.39 is 0 Å². The second kappa shape index (κ2) is 5.04. The smallest absolute Gasteiger partial charge is 0.268 e. The summed E-state index contributed by atoms with van der Waals surface area (Å²) in [6.45, 7) is 5.06. The van der Waals surface area contributed by atoms with E-state index in [-0.39, 0.29) is 11.4 Å². The molecule has 0 aliphatic heterocycles. The molecule has 2 rings (SSSR count). The van der Waals surface area contributed by atoms with Crippen molar-refractivity contribution in [3.63, 3.8) is 0 Å². The molecule has 1 saturated carbocycles. The number of nitrogens with one attached hydrogen (secondary N) is 1. The average Bonchev–Trinajstić information content (AvgIpc) is 2.86. The molecule has 1 aromatic rings. The molecule has 0 unspecified atom stereocenters. The number of aromatic nitrogens is 1. The number of aryl methyl sites for hydroxylation is 1. The van der Waals surface area contributed by atoms with Crippen LogP contribution in [0.5, 0.6) is 0 Å². The Bertz CT molecular complexity index is 430. The van der Waals surface area contributed by atoms with Gasteiger partial charge in [0.15, 0.2) is 0 Å². The molecule has 100 valence electrons. The van der Waals surface area contributed by atoms with Crippen molar-refractivity contribution in [3.8, 4) is 0 Å². The first-order chi connectivity index (χ1) is 8.54. The van der Waals surface area contributed by atoms with Crippen LogP contribution in [0, 0.1) is 0 Å². The number of amides is 1. The summed E-state index contributed by atoms with van der Waals surface area (Å²) in [6, 6.07) is 1.77. The van der Waals surface area contributed by atoms with Gasteiger partial charge in [-0.1, -0.05) is 19.8 Å². The van der Waals surface area contributed by atoms with E-state index in [4.69, 9.17) is 5.73 Å². The molecule has 1 aromatic heterocycles. The van der Waals surface area contributed by atoms with Crippen molar-refractivity contribution >= 4 is 11.6 Å². The van der Waals surface area contributed by atoms with Gasteiger partial charge in [0, 0.05) is 18.3 Å². The highest BCUT2D eigenvalue weighted by Crippen LogP contribution is 2.29. The Hall–Kier alpha value is -1.45. The van der Waals surface area contributed by atoms with E-state index in [1.54, 1.807) is 6.07 Å². The molecular weight excluding hydrogens is 226 g/mol. The lowest BCUT2D eigenvalue weighted by molar-refractivity contribution is 0.0898. The van der Waals surface area contributed by atoms with Crippen LogP contribution in [0.1, 0.15) is 56.4 Å². The zero-order valence-electron chi connectivity index (χ0n) is 11.3. The molecular formula is C14H23N3O. The Kier molecular flexibility index (Phi) is 3.64. The minimum absolute atomic E-state index is 0.00421. The highest BCUT2D eigenvalue weighted by molar-refractivity contribution is 5.94. The molecule has 0 bridgehead atoms. The van der Waals surface area contributed by atoms with E-state index in [0.29, 0.717) is 11.4 Å². The van der Waals surface area contributed by atoms with Gasteiger partial charge in [-0.15, -0.1) is 0 Å². The fraction of sp³-hybridized carbons (Fsp3) is 0.643. The molecule has 0 spiro atoms. The second-order valence-electron chi connectivity index (χ2n) is 5.57. The minimum Gasteiger partial charge on any atom is -0.397 e. The molecule has 4 nitrogen and oxygen atoms in total. The van der Waals surface area contributed by atoms with Crippen LogP contribution >= 0.6 is 0 Å². The highest BCUT2D eigenvalue weighted by atomic mass is 16.2. The Morgan fingerprint density at radius 2 is 2.17 bits per heavy atom. The monoisotopic (exact) mass is 249 g/mol. The lowest BCUT2D eigenvalue weighted by atomic mass is 10.0. The normalized spacial score (nSPS) is 17.9. The van der Waals surface area contributed by atoms with Gasteiger partial charge in [0.1, 0.15) is 5.69 Å². The number of carbonyl (C=O) groups excluding carboxylic acids is 1. The number of hydrogen-bond donors (Lipinski definition) is 2. The zero-order chi connectivity index (χ0) is 13.2. The van der Waals surface area contributed by atoms with Crippen molar-refractivity contribution in [3.05, 3.63) is 18.0 Å². The van der Waals surface area contributed by atoms with Crippen LogP contribution in [0.4, 0.5) is 5.69 Å². The van der Waals surface area contributed by atoms with Crippen molar-refractivity contribution in [2.24, 2.45) is 0 Å². The van der Waals surface area contributed by atoms with E-state index in [1.165, 1.54) is 12.8 Å². The summed E-state index contributed by atoms with van der Waals surface area (Å²) in [5, 5.41) is 3.17. The predicted octanol–water partition coefficient (Wildman–Crippen LogP) is 2.54. The number of hydrogen-bond acceptors (Lipinski definition) is 2. The molecule has 0 saturated heterocycles. The molecule has 3 N–H and O–H groups in total. The molecule has 1 heterocycles. The lowest BCUT2D eigenvalue weighted by Gasteiger charge is -2.25. The molecule has 1 amide bonds. The fourth-order valence-corrected chi connectivity index (χ4v) is 2.77. The van der Waals surface area contributed by atoms with Gasteiger partial charge >= 0.3 is 0 Å². The van der Waals surface area contributed by atoms with Crippen LogP contribution in [0.25, 0.3) is 0 Å². The number of nitrogens with two attached hydrogens (primary N) is 1. The predicted molar refractivity (Wildman–Crippen MR) is 73.5 cm³/mol. The third-order valence-electron chi connectivity index (χ3n) is 3.74. The number of anilines is 1. The second-order valence-corrected chi connectivity index (χ2v) is 5.57. The summed E-state index contributed by atoms with van der Waals surface area (Å²) in [5.74, 6) is 0.00421. The third-order valence-corrected chi connectivity index (χ3v) is 3.74. The van der Waals surface area contributed by atoms with Crippen LogP contribution in [-0.2, 0) is 6.54 Å². The van der Waals surface area contributed by atoms with Gasteiger partial charge in [-0.25, -0.2) is 0 Å². The van der Waals surface area contributed by atoms with Crippen LogP contribution in [0.2, 0.25) is 0 Å².